The quantitative estimate of drug-likeness (QED) is 0.475. The average molecular weight is 477 g/mol. The van der Waals surface area contributed by atoms with E-state index < -0.39 is 0 Å². The molecule has 34 heavy (non-hydrogen) atoms. The van der Waals surface area contributed by atoms with Gasteiger partial charge in [-0.05, 0) is 48.6 Å². The molecule has 1 aliphatic heterocycles. The first-order valence-electron chi connectivity index (χ1n) is 11.4. The SMILES string of the molecule is Cc1ccccc1CC(=O)N1CCCC(c2nc3c(nnn3Cc3cccc(Cl)c3)c(=O)[nH]2)C1. The normalized spacial score (nSPS) is 16.2. The molecule has 1 atom stereocenters. The topological polar surface area (TPSA) is 96.8 Å². The van der Waals surface area contributed by atoms with Crippen molar-refractivity contribution < 1.29 is 4.79 Å². The third kappa shape index (κ3) is 4.59. The molecule has 1 N–H and O–H groups in total. The number of rotatable bonds is 5. The Kier molecular flexibility index (Phi) is 6.15. The standard InChI is InChI=1S/C25H25ClN6O2/c1-16-6-2-3-8-18(16)13-21(33)31-11-5-9-19(15-31)23-27-24-22(25(34)28-23)29-30-32(24)14-17-7-4-10-20(26)12-17/h2-4,6-8,10,12,19H,5,9,11,13-15H2,1H3,(H,27,28,34). The van der Waals surface area contributed by atoms with Crippen LogP contribution < -0.4 is 5.56 Å². The van der Waals surface area contributed by atoms with Crippen molar-refractivity contribution in [2.75, 3.05) is 13.1 Å². The number of halogens is 1. The number of aryl methyl sites for hydroxylation is 1. The van der Waals surface area contributed by atoms with E-state index in [9.17, 15) is 9.59 Å². The van der Waals surface area contributed by atoms with Gasteiger partial charge in [-0.2, -0.15) is 0 Å². The van der Waals surface area contributed by atoms with Crippen molar-refractivity contribution in [3.05, 3.63) is 86.4 Å². The van der Waals surface area contributed by atoms with Crippen LogP contribution in [0.5, 0.6) is 0 Å². The molecule has 0 bridgehead atoms. The smallest absolute Gasteiger partial charge is 0.281 e. The minimum Gasteiger partial charge on any atom is -0.342 e. The summed E-state index contributed by atoms with van der Waals surface area (Å²) in [6, 6.07) is 15.4. The van der Waals surface area contributed by atoms with Crippen molar-refractivity contribution >= 4 is 28.7 Å². The maximum absolute atomic E-state index is 13.0. The molecule has 1 fully saturated rings. The third-order valence-corrected chi connectivity index (χ3v) is 6.61. The van der Waals surface area contributed by atoms with E-state index in [0.717, 1.165) is 29.5 Å². The van der Waals surface area contributed by atoms with Crippen LogP contribution in [-0.4, -0.2) is 48.9 Å². The van der Waals surface area contributed by atoms with Gasteiger partial charge in [0, 0.05) is 24.0 Å². The number of hydrogen-bond acceptors (Lipinski definition) is 5. The zero-order chi connectivity index (χ0) is 23.7. The number of H-pyrrole nitrogens is 1. The number of carbonyl (C=O) groups excluding carboxylic acids is 1. The Morgan fingerprint density at radius 1 is 1.21 bits per heavy atom. The van der Waals surface area contributed by atoms with Gasteiger partial charge in [-0.1, -0.05) is 53.2 Å². The minimum absolute atomic E-state index is 0.0545. The highest BCUT2D eigenvalue weighted by molar-refractivity contribution is 6.30. The number of piperidine rings is 1. The van der Waals surface area contributed by atoms with Crippen LogP contribution in [-0.2, 0) is 17.8 Å². The molecule has 0 spiro atoms. The van der Waals surface area contributed by atoms with Crippen molar-refractivity contribution in [3.63, 3.8) is 0 Å². The van der Waals surface area contributed by atoms with E-state index in [2.05, 4.69) is 15.3 Å². The fourth-order valence-corrected chi connectivity index (χ4v) is 4.71. The third-order valence-electron chi connectivity index (χ3n) is 6.38. The molecular formula is C25H25ClN6O2. The number of carbonyl (C=O) groups is 1. The number of hydrogen-bond donors (Lipinski definition) is 1. The van der Waals surface area contributed by atoms with Gasteiger partial charge >= 0.3 is 0 Å². The summed E-state index contributed by atoms with van der Waals surface area (Å²) in [5.41, 5.74) is 3.41. The van der Waals surface area contributed by atoms with Gasteiger partial charge in [0.05, 0.1) is 13.0 Å². The number of amides is 1. The molecule has 1 aliphatic rings. The molecule has 2 aromatic heterocycles. The molecule has 5 rings (SSSR count). The van der Waals surface area contributed by atoms with E-state index in [-0.39, 0.29) is 22.9 Å². The Bertz CT molecular complexity index is 1410. The van der Waals surface area contributed by atoms with Crippen LogP contribution in [0.25, 0.3) is 11.2 Å². The molecule has 0 saturated carbocycles. The second kappa shape index (κ2) is 9.38. The Hall–Kier alpha value is -3.52. The number of nitrogens with one attached hydrogen (secondary N) is 1. The summed E-state index contributed by atoms with van der Waals surface area (Å²) in [4.78, 5) is 35.3. The van der Waals surface area contributed by atoms with Crippen LogP contribution in [0.4, 0.5) is 0 Å². The molecule has 0 radical (unpaired) electrons. The summed E-state index contributed by atoms with van der Waals surface area (Å²) in [5, 5.41) is 8.80. The van der Waals surface area contributed by atoms with Gasteiger partial charge in [0.1, 0.15) is 5.82 Å². The van der Waals surface area contributed by atoms with Crippen LogP contribution in [0.2, 0.25) is 5.02 Å². The van der Waals surface area contributed by atoms with E-state index in [4.69, 9.17) is 16.6 Å². The van der Waals surface area contributed by atoms with Crippen molar-refractivity contribution in [1.29, 1.82) is 0 Å². The predicted molar refractivity (Wildman–Crippen MR) is 130 cm³/mol. The summed E-state index contributed by atoms with van der Waals surface area (Å²) in [7, 11) is 0. The lowest BCUT2D eigenvalue weighted by atomic mass is 9.96. The van der Waals surface area contributed by atoms with Crippen molar-refractivity contribution in [3.8, 4) is 0 Å². The zero-order valence-electron chi connectivity index (χ0n) is 18.9. The first-order chi connectivity index (χ1) is 16.5. The number of nitrogens with zero attached hydrogens (tertiary/aromatic N) is 5. The van der Waals surface area contributed by atoms with Gasteiger partial charge in [-0.3, -0.25) is 9.59 Å². The van der Waals surface area contributed by atoms with Crippen molar-refractivity contribution in [1.82, 2.24) is 29.9 Å². The fraction of sp³-hybridized carbons (Fsp3) is 0.320. The Labute approximate surface area is 201 Å². The highest BCUT2D eigenvalue weighted by Crippen LogP contribution is 2.25. The van der Waals surface area contributed by atoms with Crippen LogP contribution >= 0.6 is 11.6 Å². The maximum Gasteiger partial charge on any atom is 0.281 e. The van der Waals surface area contributed by atoms with Gasteiger partial charge in [-0.15, -0.1) is 5.10 Å². The molecule has 8 nitrogen and oxygen atoms in total. The molecule has 1 amide bonds. The minimum atomic E-state index is -0.319. The van der Waals surface area contributed by atoms with Gasteiger partial charge in [0.25, 0.3) is 5.56 Å². The average Bonchev–Trinajstić information content (AvgIpc) is 3.24. The number of benzene rings is 2. The number of likely N-dealkylation sites (tertiary alicyclic amines) is 1. The molecule has 1 unspecified atom stereocenters. The van der Waals surface area contributed by atoms with Gasteiger partial charge < -0.3 is 9.88 Å². The first-order valence-corrected chi connectivity index (χ1v) is 11.8. The fourth-order valence-electron chi connectivity index (χ4n) is 4.50. The Morgan fingerprint density at radius 3 is 2.88 bits per heavy atom. The number of fused-ring (bicyclic) bond motifs is 1. The highest BCUT2D eigenvalue weighted by atomic mass is 35.5. The molecular weight excluding hydrogens is 452 g/mol. The van der Waals surface area contributed by atoms with Crippen molar-refractivity contribution in [2.45, 2.75) is 38.6 Å². The largest absolute Gasteiger partial charge is 0.342 e. The lowest BCUT2D eigenvalue weighted by Gasteiger charge is -2.32. The van der Waals surface area contributed by atoms with E-state index in [0.29, 0.717) is 42.5 Å². The molecule has 0 aliphatic carbocycles. The van der Waals surface area contributed by atoms with Crippen LogP contribution in [0.1, 0.15) is 41.3 Å². The summed E-state index contributed by atoms with van der Waals surface area (Å²) in [6.45, 7) is 3.65. The van der Waals surface area contributed by atoms with E-state index >= 15 is 0 Å². The van der Waals surface area contributed by atoms with Crippen LogP contribution in [0.3, 0.4) is 0 Å². The van der Waals surface area contributed by atoms with Gasteiger partial charge in [0.15, 0.2) is 11.2 Å². The summed E-state index contributed by atoms with van der Waals surface area (Å²) in [6.07, 6.45) is 2.07. The zero-order valence-corrected chi connectivity index (χ0v) is 19.6. The van der Waals surface area contributed by atoms with Gasteiger partial charge in [-0.25, -0.2) is 9.67 Å². The van der Waals surface area contributed by atoms with Crippen LogP contribution in [0.15, 0.2) is 53.3 Å². The maximum atomic E-state index is 13.0. The summed E-state index contributed by atoms with van der Waals surface area (Å²) in [5.74, 6) is 0.608. The highest BCUT2D eigenvalue weighted by Gasteiger charge is 2.27. The lowest BCUT2D eigenvalue weighted by molar-refractivity contribution is -0.131. The number of aromatic amines is 1. The molecule has 1 saturated heterocycles. The van der Waals surface area contributed by atoms with Crippen molar-refractivity contribution in [2.24, 2.45) is 0 Å². The molecule has 3 heterocycles. The first kappa shape index (κ1) is 22.3. The number of aromatic nitrogens is 5. The monoisotopic (exact) mass is 476 g/mol. The molecule has 4 aromatic rings. The van der Waals surface area contributed by atoms with E-state index in [1.807, 2.05) is 54.3 Å². The van der Waals surface area contributed by atoms with Crippen LogP contribution in [0, 0.1) is 6.92 Å². The molecule has 2 aromatic carbocycles. The second-order valence-corrected chi connectivity index (χ2v) is 9.22. The second-order valence-electron chi connectivity index (χ2n) is 8.78. The van der Waals surface area contributed by atoms with Gasteiger partial charge in [0.2, 0.25) is 5.91 Å². The lowest BCUT2D eigenvalue weighted by Crippen LogP contribution is -2.40. The predicted octanol–water partition coefficient (Wildman–Crippen LogP) is 3.47. The van der Waals surface area contributed by atoms with E-state index in [1.54, 1.807) is 10.7 Å². The summed E-state index contributed by atoms with van der Waals surface area (Å²) < 4.78 is 1.61. The summed E-state index contributed by atoms with van der Waals surface area (Å²) >= 11 is 6.11. The van der Waals surface area contributed by atoms with E-state index in [1.165, 1.54) is 0 Å². The Balaban J connectivity index is 1.38. The Morgan fingerprint density at radius 2 is 2.06 bits per heavy atom. The molecule has 174 valence electrons. The molecule has 9 heteroatoms.